The van der Waals surface area contributed by atoms with E-state index in [-0.39, 0.29) is 11.3 Å². The molecule has 0 aliphatic carbocycles. The van der Waals surface area contributed by atoms with Gasteiger partial charge in [0, 0.05) is 11.6 Å². The standard InChI is InChI=1S/C11H14N2O5S/c1-8(14)10(12)7-19(17,18)6-9-4-2-3-5-11(9)13(15)16/h2-5,10H,6-7,12H2,1H3. The number of ketones is 1. The van der Waals surface area contributed by atoms with Crippen LogP contribution in [0.15, 0.2) is 24.3 Å². The first-order valence-corrected chi connectivity index (χ1v) is 7.24. The van der Waals surface area contributed by atoms with Gasteiger partial charge < -0.3 is 5.73 Å². The molecule has 1 unspecified atom stereocenters. The van der Waals surface area contributed by atoms with Gasteiger partial charge in [0.05, 0.1) is 22.5 Å². The van der Waals surface area contributed by atoms with Crippen molar-refractivity contribution in [3.05, 3.63) is 39.9 Å². The SMILES string of the molecule is CC(=O)C(N)CS(=O)(=O)Cc1ccccc1[N+](=O)[O-]. The second kappa shape index (κ2) is 5.89. The summed E-state index contributed by atoms with van der Waals surface area (Å²) in [4.78, 5) is 21.1. The number of hydrogen-bond donors (Lipinski definition) is 1. The van der Waals surface area contributed by atoms with Crippen LogP contribution in [0.3, 0.4) is 0 Å². The third kappa shape index (κ3) is 4.42. The molecular weight excluding hydrogens is 272 g/mol. The van der Waals surface area contributed by atoms with Crippen molar-refractivity contribution in [2.24, 2.45) is 5.73 Å². The topological polar surface area (TPSA) is 120 Å². The molecule has 19 heavy (non-hydrogen) atoms. The predicted molar refractivity (Wildman–Crippen MR) is 69.2 cm³/mol. The minimum atomic E-state index is -3.69. The molecule has 0 spiro atoms. The Morgan fingerprint density at radius 3 is 2.53 bits per heavy atom. The highest BCUT2D eigenvalue weighted by Gasteiger charge is 2.23. The van der Waals surface area contributed by atoms with Crippen LogP contribution in [0.5, 0.6) is 0 Å². The van der Waals surface area contributed by atoms with Crippen LogP contribution in [0.25, 0.3) is 0 Å². The number of sulfone groups is 1. The quantitative estimate of drug-likeness (QED) is 0.598. The van der Waals surface area contributed by atoms with Gasteiger partial charge in [-0.25, -0.2) is 8.42 Å². The molecule has 0 bridgehead atoms. The normalized spacial score (nSPS) is 12.9. The molecule has 104 valence electrons. The Balaban J connectivity index is 2.96. The van der Waals surface area contributed by atoms with E-state index >= 15 is 0 Å². The van der Waals surface area contributed by atoms with Crippen molar-refractivity contribution in [2.45, 2.75) is 18.7 Å². The van der Waals surface area contributed by atoms with Gasteiger partial charge in [-0.3, -0.25) is 14.9 Å². The van der Waals surface area contributed by atoms with Crippen molar-refractivity contribution in [3.63, 3.8) is 0 Å². The van der Waals surface area contributed by atoms with E-state index in [1.54, 1.807) is 0 Å². The first-order valence-electron chi connectivity index (χ1n) is 5.41. The summed E-state index contributed by atoms with van der Waals surface area (Å²) in [5.74, 6) is -1.47. The van der Waals surface area contributed by atoms with Crippen LogP contribution in [0.1, 0.15) is 12.5 Å². The maximum Gasteiger partial charge on any atom is 0.273 e. The molecule has 8 heteroatoms. The first-order chi connectivity index (χ1) is 8.73. The van der Waals surface area contributed by atoms with E-state index in [4.69, 9.17) is 5.73 Å². The molecule has 0 fully saturated rings. The number of nitrogens with zero attached hydrogens (tertiary/aromatic N) is 1. The van der Waals surface area contributed by atoms with Gasteiger partial charge in [-0.1, -0.05) is 18.2 Å². The van der Waals surface area contributed by atoms with Gasteiger partial charge >= 0.3 is 0 Å². The Labute approximate surface area is 110 Å². The number of carbonyl (C=O) groups is 1. The van der Waals surface area contributed by atoms with Gasteiger partial charge in [-0.15, -0.1) is 0 Å². The van der Waals surface area contributed by atoms with Crippen molar-refractivity contribution in [2.75, 3.05) is 5.75 Å². The lowest BCUT2D eigenvalue weighted by molar-refractivity contribution is -0.385. The Bertz CT molecular complexity index is 597. The summed E-state index contributed by atoms with van der Waals surface area (Å²) >= 11 is 0. The number of Topliss-reactive ketones (excluding diaryl/α,β-unsaturated/α-hetero) is 1. The number of nitro benzene ring substituents is 1. The minimum Gasteiger partial charge on any atom is -0.321 e. The van der Waals surface area contributed by atoms with E-state index in [2.05, 4.69) is 0 Å². The van der Waals surface area contributed by atoms with Crippen molar-refractivity contribution >= 4 is 21.3 Å². The van der Waals surface area contributed by atoms with E-state index in [1.165, 1.54) is 31.2 Å². The summed E-state index contributed by atoms with van der Waals surface area (Å²) < 4.78 is 23.7. The van der Waals surface area contributed by atoms with Gasteiger partial charge in [-0.2, -0.15) is 0 Å². The first kappa shape index (κ1) is 15.3. The lowest BCUT2D eigenvalue weighted by Gasteiger charge is -2.09. The zero-order valence-corrected chi connectivity index (χ0v) is 11.1. The summed E-state index contributed by atoms with van der Waals surface area (Å²) in [7, 11) is -3.69. The highest BCUT2D eigenvalue weighted by molar-refractivity contribution is 7.90. The number of nitrogens with two attached hydrogens (primary N) is 1. The monoisotopic (exact) mass is 286 g/mol. The van der Waals surface area contributed by atoms with Gasteiger partial charge in [0.2, 0.25) is 0 Å². The van der Waals surface area contributed by atoms with Crippen molar-refractivity contribution < 1.29 is 18.1 Å². The van der Waals surface area contributed by atoms with Crippen molar-refractivity contribution in [1.29, 1.82) is 0 Å². The average molecular weight is 286 g/mol. The fourth-order valence-corrected chi connectivity index (χ4v) is 3.12. The summed E-state index contributed by atoms with van der Waals surface area (Å²) in [6.45, 7) is 1.20. The summed E-state index contributed by atoms with van der Waals surface area (Å²) in [5.41, 5.74) is 5.22. The number of carbonyl (C=O) groups excluding carboxylic acids is 1. The van der Waals surface area contributed by atoms with Gasteiger partial charge in [0.1, 0.15) is 5.78 Å². The lowest BCUT2D eigenvalue weighted by Crippen LogP contribution is -2.36. The Hall–Kier alpha value is -1.80. The number of rotatable bonds is 6. The van der Waals surface area contributed by atoms with Gasteiger partial charge in [-0.05, 0) is 6.92 Å². The molecule has 0 heterocycles. The van der Waals surface area contributed by atoms with Crippen LogP contribution in [0.2, 0.25) is 0 Å². The smallest absolute Gasteiger partial charge is 0.273 e. The fourth-order valence-electron chi connectivity index (χ4n) is 1.50. The van der Waals surface area contributed by atoms with Crippen LogP contribution >= 0.6 is 0 Å². The third-order valence-electron chi connectivity index (χ3n) is 2.52. The molecular formula is C11H14N2O5S. The maximum absolute atomic E-state index is 11.8. The molecule has 0 saturated carbocycles. The zero-order valence-electron chi connectivity index (χ0n) is 10.3. The van der Waals surface area contributed by atoms with E-state index < -0.39 is 38.1 Å². The van der Waals surface area contributed by atoms with Crippen LogP contribution in [0.4, 0.5) is 5.69 Å². The zero-order chi connectivity index (χ0) is 14.6. The molecule has 1 aromatic carbocycles. The number of para-hydroxylation sites is 1. The van der Waals surface area contributed by atoms with Crippen LogP contribution in [0, 0.1) is 10.1 Å². The molecule has 0 aliphatic rings. The third-order valence-corrected chi connectivity index (χ3v) is 4.14. The molecule has 1 atom stereocenters. The molecule has 2 N–H and O–H groups in total. The maximum atomic E-state index is 11.8. The molecule has 1 aromatic rings. The van der Waals surface area contributed by atoms with Crippen LogP contribution in [-0.4, -0.2) is 30.9 Å². The predicted octanol–water partition coefficient (Wildman–Crippen LogP) is 0.426. The highest BCUT2D eigenvalue weighted by Crippen LogP contribution is 2.20. The largest absolute Gasteiger partial charge is 0.321 e. The minimum absolute atomic E-state index is 0.0863. The second-order valence-electron chi connectivity index (χ2n) is 4.16. The molecule has 7 nitrogen and oxygen atoms in total. The number of benzene rings is 1. The molecule has 0 aromatic heterocycles. The fraction of sp³-hybridized carbons (Fsp3) is 0.364. The molecule has 1 rings (SSSR count). The van der Waals surface area contributed by atoms with Crippen LogP contribution < -0.4 is 5.73 Å². The Morgan fingerprint density at radius 1 is 1.42 bits per heavy atom. The summed E-state index contributed by atoms with van der Waals surface area (Å²) in [5, 5.41) is 10.8. The molecule has 0 saturated heterocycles. The van der Waals surface area contributed by atoms with Crippen molar-refractivity contribution in [1.82, 2.24) is 0 Å². The van der Waals surface area contributed by atoms with E-state index in [9.17, 15) is 23.3 Å². The molecule has 0 aliphatic heterocycles. The second-order valence-corrected chi connectivity index (χ2v) is 6.27. The highest BCUT2D eigenvalue weighted by atomic mass is 32.2. The molecule has 0 amide bonds. The van der Waals surface area contributed by atoms with Crippen LogP contribution in [-0.2, 0) is 20.4 Å². The van der Waals surface area contributed by atoms with Crippen molar-refractivity contribution in [3.8, 4) is 0 Å². The van der Waals surface area contributed by atoms with E-state index in [0.717, 1.165) is 0 Å². The van der Waals surface area contributed by atoms with Gasteiger partial charge in [0.25, 0.3) is 5.69 Å². The average Bonchev–Trinajstić information content (AvgIpc) is 2.27. The van der Waals surface area contributed by atoms with Gasteiger partial charge in [0.15, 0.2) is 9.84 Å². The number of nitro groups is 1. The Morgan fingerprint density at radius 2 is 2.00 bits per heavy atom. The lowest BCUT2D eigenvalue weighted by atomic mass is 10.2. The van der Waals surface area contributed by atoms with E-state index in [1.807, 2.05) is 0 Å². The Kier molecular flexibility index (Phi) is 4.73. The van der Waals surface area contributed by atoms with E-state index in [0.29, 0.717) is 0 Å². The summed E-state index contributed by atoms with van der Waals surface area (Å²) in [6, 6.07) is 4.47. The summed E-state index contributed by atoms with van der Waals surface area (Å²) in [6.07, 6.45) is 0. The molecule has 0 radical (unpaired) electrons. The number of hydrogen-bond acceptors (Lipinski definition) is 6.